The van der Waals surface area contributed by atoms with Crippen molar-refractivity contribution < 1.29 is 19.4 Å². The summed E-state index contributed by atoms with van der Waals surface area (Å²) in [6, 6.07) is 0. The van der Waals surface area contributed by atoms with E-state index in [1.165, 1.54) is 0 Å². The zero-order valence-corrected chi connectivity index (χ0v) is 12.1. The predicted octanol–water partition coefficient (Wildman–Crippen LogP) is 1.81. The molecular formula is C14H25NO4. The highest BCUT2D eigenvalue weighted by atomic mass is 16.5. The first kappa shape index (κ1) is 16.0. The molecule has 0 saturated carbocycles. The fraction of sp³-hybridized carbons (Fsp3) is 0.857. The Morgan fingerprint density at radius 2 is 2.11 bits per heavy atom. The average Bonchev–Trinajstić information content (AvgIpc) is 2.72. The molecule has 2 N–H and O–H groups in total. The van der Waals surface area contributed by atoms with Crippen molar-refractivity contribution in [3.63, 3.8) is 0 Å². The molecule has 2 atom stereocenters. The van der Waals surface area contributed by atoms with E-state index in [-0.39, 0.29) is 18.2 Å². The van der Waals surface area contributed by atoms with Crippen molar-refractivity contribution in [3.05, 3.63) is 0 Å². The first-order chi connectivity index (χ1) is 8.83. The van der Waals surface area contributed by atoms with Crippen LogP contribution in [0.15, 0.2) is 0 Å². The number of carbonyl (C=O) groups is 2. The number of hydrogen-bond donors (Lipinski definition) is 2. The molecule has 5 nitrogen and oxygen atoms in total. The summed E-state index contributed by atoms with van der Waals surface area (Å²) in [6.45, 7) is 6.93. The zero-order valence-electron chi connectivity index (χ0n) is 12.1. The lowest BCUT2D eigenvalue weighted by molar-refractivity contribution is -0.141. The Hall–Kier alpha value is -1.10. The second-order valence-electron chi connectivity index (χ2n) is 5.99. The Morgan fingerprint density at radius 1 is 1.42 bits per heavy atom. The Bertz CT molecular complexity index is 321. The molecule has 1 saturated heterocycles. The van der Waals surface area contributed by atoms with Gasteiger partial charge in [0.2, 0.25) is 0 Å². The summed E-state index contributed by atoms with van der Waals surface area (Å²) in [5.41, 5.74) is -0.731. The number of carboxylic acids is 1. The van der Waals surface area contributed by atoms with Gasteiger partial charge in [-0.1, -0.05) is 13.8 Å². The molecule has 1 amide bonds. The van der Waals surface area contributed by atoms with Crippen LogP contribution in [0.5, 0.6) is 0 Å². The van der Waals surface area contributed by atoms with Gasteiger partial charge in [0.15, 0.2) is 0 Å². The third-order valence-corrected chi connectivity index (χ3v) is 3.52. The minimum absolute atomic E-state index is 0.0218. The van der Waals surface area contributed by atoms with Crippen LogP contribution in [0.25, 0.3) is 0 Å². The SMILES string of the molecule is CC(C)CC(CNC(=O)C1(C)CCCO1)CC(=O)O. The Balaban J connectivity index is 2.46. The van der Waals surface area contributed by atoms with E-state index < -0.39 is 11.6 Å². The fourth-order valence-corrected chi connectivity index (χ4v) is 2.53. The van der Waals surface area contributed by atoms with Crippen LogP contribution < -0.4 is 5.32 Å². The molecule has 1 aliphatic rings. The molecule has 5 heteroatoms. The third kappa shape index (κ3) is 5.19. The van der Waals surface area contributed by atoms with Gasteiger partial charge in [0.25, 0.3) is 5.91 Å². The van der Waals surface area contributed by atoms with E-state index in [9.17, 15) is 9.59 Å². The number of hydrogen-bond acceptors (Lipinski definition) is 3. The number of nitrogens with one attached hydrogen (secondary N) is 1. The number of aliphatic carboxylic acids is 1. The van der Waals surface area contributed by atoms with Gasteiger partial charge in [-0.05, 0) is 38.0 Å². The van der Waals surface area contributed by atoms with E-state index in [0.717, 1.165) is 19.3 Å². The highest BCUT2D eigenvalue weighted by Gasteiger charge is 2.37. The second kappa shape index (κ2) is 6.89. The lowest BCUT2D eigenvalue weighted by atomic mass is 9.93. The molecule has 0 aromatic rings. The van der Waals surface area contributed by atoms with Gasteiger partial charge in [-0.3, -0.25) is 9.59 Å². The molecule has 110 valence electrons. The third-order valence-electron chi connectivity index (χ3n) is 3.52. The lowest BCUT2D eigenvalue weighted by Gasteiger charge is -2.24. The molecule has 19 heavy (non-hydrogen) atoms. The van der Waals surface area contributed by atoms with E-state index in [4.69, 9.17) is 9.84 Å². The molecule has 0 radical (unpaired) electrons. The van der Waals surface area contributed by atoms with Gasteiger partial charge < -0.3 is 15.2 Å². The zero-order chi connectivity index (χ0) is 14.5. The van der Waals surface area contributed by atoms with Crippen LogP contribution in [-0.4, -0.2) is 35.7 Å². The molecule has 0 spiro atoms. The Labute approximate surface area is 114 Å². The lowest BCUT2D eigenvalue weighted by Crippen LogP contribution is -2.45. The van der Waals surface area contributed by atoms with Crippen LogP contribution in [0.4, 0.5) is 0 Å². The van der Waals surface area contributed by atoms with Gasteiger partial charge in [0.05, 0.1) is 0 Å². The molecule has 0 aromatic heterocycles. The van der Waals surface area contributed by atoms with Crippen molar-refractivity contribution in [1.82, 2.24) is 5.32 Å². The smallest absolute Gasteiger partial charge is 0.303 e. The summed E-state index contributed by atoms with van der Waals surface area (Å²) >= 11 is 0. The molecule has 1 rings (SSSR count). The molecule has 1 fully saturated rings. The quantitative estimate of drug-likeness (QED) is 0.740. The second-order valence-corrected chi connectivity index (χ2v) is 5.99. The molecule has 0 aliphatic carbocycles. The summed E-state index contributed by atoms with van der Waals surface area (Å²) in [5, 5.41) is 11.7. The van der Waals surface area contributed by atoms with Gasteiger partial charge >= 0.3 is 5.97 Å². The first-order valence-electron chi connectivity index (χ1n) is 6.97. The molecule has 1 heterocycles. The Morgan fingerprint density at radius 3 is 2.58 bits per heavy atom. The minimum Gasteiger partial charge on any atom is -0.481 e. The average molecular weight is 271 g/mol. The van der Waals surface area contributed by atoms with Crippen molar-refractivity contribution in [1.29, 1.82) is 0 Å². The first-order valence-corrected chi connectivity index (χ1v) is 6.97. The summed E-state index contributed by atoms with van der Waals surface area (Å²) in [7, 11) is 0. The maximum absolute atomic E-state index is 12.1. The number of rotatable bonds is 7. The standard InChI is InChI=1S/C14H25NO4/c1-10(2)7-11(8-12(16)17)9-15-13(18)14(3)5-4-6-19-14/h10-11H,4-9H2,1-3H3,(H,15,18)(H,16,17). The highest BCUT2D eigenvalue weighted by Crippen LogP contribution is 2.25. The number of amides is 1. The van der Waals surface area contributed by atoms with Crippen LogP contribution >= 0.6 is 0 Å². The van der Waals surface area contributed by atoms with E-state index in [1.807, 2.05) is 0 Å². The predicted molar refractivity (Wildman–Crippen MR) is 71.8 cm³/mol. The van der Waals surface area contributed by atoms with Crippen LogP contribution in [0.1, 0.15) is 46.5 Å². The topological polar surface area (TPSA) is 75.6 Å². The van der Waals surface area contributed by atoms with Gasteiger partial charge in [-0.25, -0.2) is 0 Å². The monoisotopic (exact) mass is 271 g/mol. The van der Waals surface area contributed by atoms with Crippen LogP contribution in [0.3, 0.4) is 0 Å². The van der Waals surface area contributed by atoms with E-state index in [0.29, 0.717) is 19.1 Å². The number of carbonyl (C=O) groups excluding carboxylic acids is 1. The number of ether oxygens (including phenoxy) is 1. The summed E-state index contributed by atoms with van der Waals surface area (Å²) < 4.78 is 5.47. The molecule has 2 unspecified atom stereocenters. The van der Waals surface area contributed by atoms with Crippen LogP contribution in [-0.2, 0) is 14.3 Å². The van der Waals surface area contributed by atoms with E-state index >= 15 is 0 Å². The van der Waals surface area contributed by atoms with Gasteiger partial charge in [0, 0.05) is 19.6 Å². The van der Waals surface area contributed by atoms with Crippen LogP contribution in [0.2, 0.25) is 0 Å². The largest absolute Gasteiger partial charge is 0.481 e. The summed E-state index contributed by atoms with van der Waals surface area (Å²) in [5.74, 6) is -0.543. The molecule has 1 aliphatic heterocycles. The highest BCUT2D eigenvalue weighted by molar-refractivity contribution is 5.85. The normalized spacial score (nSPS) is 24.4. The van der Waals surface area contributed by atoms with E-state index in [1.54, 1.807) is 6.92 Å². The summed E-state index contributed by atoms with van der Waals surface area (Å²) in [6.07, 6.45) is 2.52. The van der Waals surface area contributed by atoms with Crippen molar-refractivity contribution in [2.24, 2.45) is 11.8 Å². The van der Waals surface area contributed by atoms with Crippen molar-refractivity contribution in [2.75, 3.05) is 13.2 Å². The van der Waals surface area contributed by atoms with Gasteiger partial charge in [-0.15, -0.1) is 0 Å². The van der Waals surface area contributed by atoms with Crippen molar-refractivity contribution in [3.8, 4) is 0 Å². The number of carboxylic acid groups (broad SMARTS) is 1. The van der Waals surface area contributed by atoms with Crippen molar-refractivity contribution >= 4 is 11.9 Å². The van der Waals surface area contributed by atoms with Crippen LogP contribution in [0, 0.1) is 11.8 Å². The maximum atomic E-state index is 12.1. The maximum Gasteiger partial charge on any atom is 0.303 e. The van der Waals surface area contributed by atoms with Crippen molar-refractivity contribution in [2.45, 2.75) is 52.1 Å². The fourth-order valence-electron chi connectivity index (χ4n) is 2.53. The molecular weight excluding hydrogens is 246 g/mol. The molecule has 0 aromatic carbocycles. The van der Waals surface area contributed by atoms with Gasteiger partial charge in [0.1, 0.15) is 5.60 Å². The Kier molecular flexibility index (Phi) is 5.79. The van der Waals surface area contributed by atoms with E-state index in [2.05, 4.69) is 19.2 Å². The summed E-state index contributed by atoms with van der Waals surface area (Å²) in [4.78, 5) is 22.9. The molecule has 0 bridgehead atoms. The minimum atomic E-state index is -0.816. The van der Waals surface area contributed by atoms with Gasteiger partial charge in [-0.2, -0.15) is 0 Å².